The zero-order chi connectivity index (χ0) is 17.0. The number of halogens is 5. The van der Waals surface area contributed by atoms with Crippen molar-refractivity contribution in [3.8, 4) is 0 Å². The summed E-state index contributed by atoms with van der Waals surface area (Å²) >= 11 is 11.5. The van der Waals surface area contributed by atoms with Crippen molar-refractivity contribution in [2.24, 2.45) is 0 Å². The van der Waals surface area contributed by atoms with Gasteiger partial charge in [-0.25, -0.2) is 4.79 Å². The number of nitrogens with one attached hydrogen (secondary N) is 2. The predicted octanol–water partition coefficient (Wildman–Crippen LogP) is 5.33. The number of amides is 2. The highest BCUT2D eigenvalue weighted by Gasteiger charge is 2.33. The van der Waals surface area contributed by atoms with Gasteiger partial charge in [-0.1, -0.05) is 41.4 Å². The van der Waals surface area contributed by atoms with Crippen LogP contribution in [0.2, 0.25) is 10.0 Å². The molecule has 0 aliphatic heterocycles. The molecule has 0 radical (unpaired) electrons. The summed E-state index contributed by atoms with van der Waals surface area (Å²) in [6.45, 7) is 0.144. The fourth-order valence-electron chi connectivity index (χ4n) is 1.81. The minimum atomic E-state index is -4.59. The average Bonchev–Trinajstić information content (AvgIpc) is 2.47. The summed E-state index contributed by atoms with van der Waals surface area (Å²) in [5.41, 5.74) is -0.335. The number of urea groups is 1. The van der Waals surface area contributed by atoms with Crippen molar-refractivity contribution in [2.45, 2.75) is 12.7 Å². The number of anilines is 1. The molecule has 23 heavy (non-hydrogen) atoms. The summed E-state index contributed by atoms with van der Waals surface area (Å²) in [6.07, 6.45) is -4.59. The fourth-order valence-corrected chi connectivity index (χ4v) is 2.24. The molecule has 0 aliphatic carbocycles. The van der Waals surface area contributed by atoms with Gasteiger partial charge in [-0.05, 0) is 29.8 Å². The van der Waals surface area contributed by atoms with Crippen LogP contribution in [0, 0.1) is 0 Å². The van der Waals surface area contributed by atoms with Crippen molar-refractivity contribution in [3.05, 3.63) is 63.6 Å². The molecule has 8 heteroatoms. The van der Waals surface area contributed by atoms with Gasteiger partial charge in [-0.15, -0.1) is 0 Å². The second-order valence-corrected chi connectivity index (χ2v) is 5.41. The first-order chi connectivity index (χ1) is 10.8. The lowest BCUT2D eigenvalue weighted by atomic mass is 10.2. The molecular formula is C15H11Cl2F3N2O. The van der Waals surface area contributed by atoms with Gasteiger partial charge in [0.1, 0.15) is 0 Å². The summed E-state index contributed by atoms with van der Waals surface area (Å²) in [5, 5.41) is 4.89. The maximum Gasteiger partial charge on any atom is 0.417 e. The maximum absolute atomic E-state index is 12.8. The lowest BCUT2D eigenvalue weighted by Crippen LogP contribution is -2.28. The molecule has 0 bridgehead atoms. The van der Waals surface area contributed by atoms with Gasteiger partial charge in [-0.3, -0.25) is 0 Å². The Morgan fingerprint density at radius 2 is 1.74 bits per heavy atom. The predicted molar refractivity (Wildman–Crippen MR) is 83.8 cm³/mol. The van der Waals surface area contributed by atoms with Crippen LogP contribution in [0.4, 0.5) is 23.7 Å². The first kappa shape index (κ1) is 17.4. The van der Waals surface area contributed by atoms with E-state index in [9.17, 15) is 18.0 Å². The van der Waals surface area contributed by atoms with Gasteiger partial charge in [0.05, 0.1) is 10.6 Å². The quantitative estimate of drug-likeness (QED) is 0.760. The molecule has 0 saturated heterocycles. The summed E-state index contributed by atoms with van der Waals surface area (Å²) < 4.78 is 38.3. The Morgan fingerprint density at radius 1 is 1.04 bits per heavy atom. The minimum absolute atomic E-state index is 0.0154. The molecule has 2 amide bonds. The third kappa shape index (κ3) is 4.77. The van der Waals surface area contributed by atoms with E-state index >= 15 is 0 Å². The van der Waals surface area contributed by atoms with Gasteiger partial charge < -0.3 is 10.6 Å². The van der Waals surface area contributed by atoms with E-state index < -0.39 is 22.8 Å². The Hall–Kier alpha value is -1.92. The van der Waals surface area contributed by atoms with E-state index in [-0.39, 0.29) is 12.2 Å². The Labute approximate surface area is 140 Å². The smallest absolute Gasteiger partial charge is 0.334 e. The molecule has 0 heterocycles. The van der Waals surface area contributed by atoms with E-state index in [1.807, 2.05) is 0 Å². The molecule has 0 saturated carbocycles. The van der Waals surface area contributed by atoms with E-state index in [0.29, 0.717) is 10.6 Å². The molecule has 0 fully saturated rings. The van der Waals surface area contributed by atoms with E-state index in [2.05, 4.69) is 10.6 Å². The molecule has 0 aromatic heterocycles. The third-order valence-corrected chi connectivity index (χ3v) is 3.63. The topological polar surface area (TPSA) is 41.1 Å². The van der Waals surface area contributed by atoms with E-state index in [4.69, 9.17) is 23.2 Å². The first-order valence-electron chi connectivity index (χ1n) is 6.42. The van der Waals surface area contributed by atoms with Gasteiger partial charge >= 0.3 is 12.2 Å². The normalized spacial score (nSPS) is 11.2. The third-order valence-electron chi connectivity index (χ3n) is 2.93. The highest BCUT2D eigenvalue weighted by molar-refractivity contribution is 6.31. The SMILES string of the molecule is O=C(NCc1ccccc1Cl)Nc1ccc(Cl)c(C(F)(F)F)c1. The highest BCUT2D eigenvalue weighted by atomic mass is 35.5. The van der Waals surface area contributed by atoms with Crippen molar-refractivity contribution >= 4 is 34.9 Å². The van der Waals surface area contributed by atoms with Crippen LogP contribution in [0.3, 0.4) is 0 Å². The molecule has 0 atom stereocenters. The first-order valence-corrected chi connectivity index (χ1v) is 7.18. The van der Waals surface area contributed by atoms with Gasteiger partial charge in [0.25, 0.3) is 0 Å². The van der Waals surface area contributed by atoms with Gasteiger partial charge in [0, 0.05) is 17.3 Å². The Morgan fingerprint density at radius 3 is 2.39 bits per heavy atom. The zero-order valence-corrected chi connectivity index (χ0v) is 13.1. The second kappa shape index (κ2) is 7.10. The zero-order valence-electron chi connectivity index (χ0n) is 11.5. The van der Waals surface area contributed by atoms with E-state index in [0.717, 1.165) is 12.1 Å². The van der Waals surface area contributed by atoms with Crippen LogP contribution < -0.4 is 10.6 Å². The largest absolute Gasteiger partial charge is 0.417 e. The van der Waals surface area contributed by atoms with Crippen molar-refractivity contribution in [3.63, 3.8) is 0 Å². The van der Waals surface area contributed by atoms with Crippen LogP contribution in [0.1, 0.15) is 11.1 Å². The molecule has 3 nitrogen and oxygen atoms in total. The summed E-state index contributed by atoms with van der Waals surface area (Å²) in [7, 11) is 0. The fraction of sp³-hybridized carbons (Fsp3) is 0.133. The molecule has 2 aromatic rings. The van der Waals surface area contributed by atoms with Crippen LogP contribution >= 0.6 is 23.2 Å². The minimum Gasteiger partial charge on any atom is -0.334 e. The molecule has 2 aromatic carbocycles. The number of rotatable bonds is 3. The lowest BCUT2D eigenvalue weighted by molar-refractivity contribution is -0.137. The summed E-state index contributed by atoms with van der Waals surface area (Å²) in [4.78, 5) is 11.8. The summed E-state index contributed by atoms with van der Waals surface area (Å²) in [6, 6.07) is 9.39. The van der Waals surface area contributed by atoms with Crippen molar-refractivity contribution < 1.29 is 18.0 Å². The van der Waals surface area contributed by atoms with E-state index in [1.165, 1.54) is 6.07 Å². The maximum atomic E-state index is 12.8. The Balaban J connectivity index is 2.02. The van der Waals surface area contributed by atoms with E-state index in [1.54, 1.807) is 24.3 Å². The number of benzene rings is 2. The number of hydrogen-bond acceptors (Lipinski definition) is 1. The number of carbonyl (C=O) groups is 1. The van der Waals surface area contributed by atoms with Crippen LogP contribution in [-0.4, -0.2) is 6.03 Å². The Bertz CT molecular complexity index is 720. The van der Waals surface area contributed by atoms with Crippen molar-refractivity contribution in [1.29, 1.82) is 0 Å². The van der Waals surface area contributed by atoms with Crippen LogP contribution in [0.5, 0.6) is 0 Å². The molecule has 122 valence electrons. The lowest BCUT2D eigenvalue weighted by Gasteiger charge is -2.12. The Kier molecular flexibility index (Phi) is 5.38. The van der Waals surface area contributed by atoms with Gasteiger partial charge in [-0.2, -0.15) is 13.2 Å². The highest BCUT2D eigenvalue weighted by Crippen LogP contribution is 2.36. The van der Waals surface area contributed by atoms with Crippen LogP contribution in [0.25, 0.3) is 0 Å². The molecule has 0 spiro atoms. The standard InChI is InChI=1S/C15H11Cl2F3N2O/c16-12-4-2-1-3-9(12)8-21-14(23)22-10-5-6-13(17)11(7-10)15(18,19)20/h1-7H,8H2,(H2,21,22,23). The number of hydrogen-bond donors (Lipinski definition) is 2. The molecule has 0 unspecified atom stereocenters. The molecule has 2 rings (SSSR count). The van der Waals surface area contributed by atoms with Gasteiger partial charge in [0.2, 0.25) is 0 Å². The summed E-state index contributed by atoms with van der Waals surface area (Å²) in [5.74, 6) is 0. The number of alkyl halides is 3. The molecular weight excluding hydrogens is 352 g/mol. The van der Waals surface area contributed by atoms with Gasteiger partial charge in [0.15, 0.2) is 0 Å². The van der Waals surface area contributed by atoms with Crippen LogP contribution in [-0.2, 0) is 12.7 Å². The molecule has 0 aliphatic rings. The van der Waals surface area contributed by atoms with Crippen LogP contribution in [0.15, 0.2) is 42.5 Å². The number of carbonyl (C=O) groups excluding carboxylic acids is 1. The monoisotopic (exact) mass is 362 g/mol. The molecule has 2 N–H and O–H groups in total. The van der Waals surface area contributed by atoms with Crippen molar-refractivity contribution in [1.82, 2.24) is 5.32 Å². The second-order valence-electron chi connectivity index (χ2n) is 4.59. The van der Waals surface area contributed by atoms with Crippen molar-refractivity contribution in [2.75, 3.05) is 5.32 Å². The average molecular weight is 363 g/mol.